The summed E-state index contributed by atoms with van der Waals surface area (Å²) in [5.74, 6) is -0.659. The molecule has 0 fully saturated rings. The van der Waals surface area contributed by atoms with E-state index in [1.165, 1.54) is 0 Å². The lowest BCUT2D eigenvalue weighted by Gasteiger charge is -2.21. The first-order chi connectivity index (χ1) is 14.6. The lowest BCUT2D eigenvalue weighted by Crippen LogP contribution is -2.47. The number of thiocarbonyl (C=S) groups is 1. The van der Waals surface area contributed by atoms with E-state index in [-0.39, 0.29) is 17.6 Å². The highest BCUT2D eigenvalue weighted by Crippen LogP contribution is 2.15. The van der Waals surface area contributed by atoms with Crippen LogP contribution in [0.1, 0.15) is 31.7 Å². The second kappa shape index (κ2) is 13.7. The largest absolute Gasteiger partial charge is 0.391 e. The molecule has 0 aliphatic rings. The molecule has 2 rings (SSSR count). The number of carbonyl (C=O) groups excluding carboxylic acids is 1. The van der Waals surface area contributed by atoms with Crippen molar-refractivity contribution in [1.82, 2.24) is 10.9 Å². The van der Waals surface area contributed by atoms with Crippen LogP contribution in [0.25, 0.3) is 0 Å². The minimum absolute atomic E-state index is 0.222. The van der Waals surface area contributed by atoms with Crippen LogP contribution in [0.15, 0.2) is 60.7 Å². The van der Waals surface area contributed by atoms with E-state index >= 15 is 0 Å². The van der Waals surface area contributed by atoms with Gasteiger partial charge in [0.2, 0.25) is 5.91 Å². The monoisotopic (exact) mass is 429 g/mol. The molecule has 0 aliphatic heterocycles. The lowest BCUT2D eigenvalue weighted by molar-refractivity contribution is -0.127. The molecule has 1 amide bonds. The van der Waals surface area contributed by atoms with Crippen LogP contribution in [0.4, 0.5) is 5.69 Å². The Morgan fingerprint density at radius 3 is 2.40 bits per heavy atom. The van der Waals surface area contributed by atoms with Crippen molar-refractivity contribution in [2.75, 3.05) is 18.5 Å². The van der Waals surface area contributed by atoms with Crippen LogP contribution in [0, 0.1) is 5.92 Å². The summed E-state index contributed by atoms with van der Waals surface area (Å²) in [5, 5.41) is 13.6. The zero-order valence-corrected chi connectivity index (χ0v) is 18.2. The van der Waals surface area contributed by atoms with Gasteiger partial charge in [-0.1, -0.05) is 61.9 Å². The number of amides is 1. The molecule has 4 N–H and O–H groups in total. The lowest BCUT2D eigenvalue weighted by atomic mass is 9.93. The van der Waals surface area contributed by atoms with Gasteiger partial charge >= 0.3 is 0 Å². The molecular formula is C23H31N3O3S. The van der Waals surface area contributed by atoms with Crippen molar-refractivity contribution in [3.63, 3.8) is 0 Å². The van der Waals surface area contributed by atoms with Crippen molar-refractivity contribution in [3.8, 4) is 0 Å². The number of anilines is 1. The number of para-hydroxylation sites is 1. The normalized spacial score (nSPS) is 12.6. The molecule has 6 nitrogen and oxygen atoms in total. The van der Waals surface area contributed by atoms with E-state index in [0.29, 0.717) is 19.4 Å². The van der Waals surface area contributed by atoms with Crippen molar-refractivity contribution >= 4 is 28.9 Å². The second-order valence-electron chi connectivity index (χ2n) is 7.14. The topological polar surface area (TPSA) is 82.6 Å². The number of aliphatic hydroxyl groups excluding tert-OH is 1. The van der Waals surface area contributed by atoms with Gasteiger partial charge in [0.1, 0.15) is 0 Å². The molecule has 2 atom stereocenters. The van der Waals surface area contributed by atoms with Gasteiger partial charge in [0.25, 0.3) is 0 Å². The molecular weight excluding hydrogens is 398 g/mol. The van der Waals surface area contributed by atoms with Gasteiger partial charge in [0.05, 0.1) is 12.7 Å². The number of rotatable bonds is 11. The quantitative estimate of drug-likeness (QED) is 0.249. The van der Waals surface area contributed by atoms with Crippen LogP contribution in [-0.2, 0) is 16.0 Å². The molecule has 2 aromatic rings. The molecule has 30 heavy (non-hydrogen) atoms. The Hall–Kier alpha value is -2.48. The van der Waals surface area contributed by atoms with Crippen molar-refractivity contribution < 1.29 is 14.6 Å². The maximum atomic E-state index is 12.8. The molecule has 2 aromatic carbocycles. The Kier molecular flexibility index (Phi) is 10.9. The van der Waals surface area contributed by atoms with E-state index in [9.17, 15) is 9.90 Å². The first-order valence-corrected chi connectivity index (χ1v) is 10.7. The highest BCUT2D eigenvalue weighted by Gasteiger charge is 2.23. The summed E-state index contributed by atoms with van der Waals surface area (Å²) in [6.07, 6.45) is 2.09. The molecule has 0 saturated carbocycles. The highest BCUT2D eigenvalue weighted by molar-refractivity contribution is 7.80. The SMILES string of the molecule is CCCCOCC(O)CC(Cc1ccccc1)C(=O)NNC(=S)Nc1ccccc1. The highest BCUT2D eigenvalue weighted by atomic mass is 32.1. The average molecular weight is 430 g/mol. The standard InChI is InChI=1S/C23H31N3O3S/c1-2-3-14-29-17-21(27)16-19(15-18-10-6-4-7-11-18)22(28)25-26-23(30)24-20-12-8-5-9-13-20/h4-13,19,21,27H,2-3,14-17H2,1H3,(H,25,28)(H2,24,26,30). The number of hydrazine groups is 1. The summed E-state index contributed by atoms with van der Waals surface area (Å²) in [6, 6.07) is 19.2. The average Bonchev–Trinajstić information content (AvgIpc) is 2.76. The van der Waals surface area contributed by atoms with E-state index < -0.39 is 12.0 Å². The fourth-order valence-corrected chi connectivity index (χ4v) is 3.12. The predicted octanol–water partition coefficient (Wildman–Crippen LogP) is 3.43. The predicted molar refractivity (Wildman–Crippen MR) is 124 cm³/mol. The summed E-state index contributed by atoms with van der Waals surface area (Å²) in [6.45, 7) is 2.92. The van der Waals surface area contributed by atoms with Gasteiger partial charge in [-0.3, -0.25) is 15.6 Å². The Morgan fingerprint density at radius 2 is 1.73 bits per heavy atom. The van der Waals surface area contributed by atoms with Crippen LogP contribution < -0.4 is 16.2 Å². The van der Waals surface area contributed by atoms with Crippen LogP contribution in [0.5, 0.6) is 0 Å². The number of aliphatic hydroxyl groups is 1. The van der Waals surface area contributed by atoms with E-state index in [0.717, 1.165) is 24.1 Å². The fraction of sp³-hybridized carbons (Fsp3) is 0.391. The summed E-state index contributed by atoms with van der Waals surface area (Å²) in [4.78, 5) is 12.8. The second-order valence-corrected chi connectivity index (χ2v) is 7.55. The molecule has 0 aliphatic carbocycles. The van der Waals surface area contributed by atoms with Crippen LogP contribution in [0.2, 0.25) is 0 Å². The minimum Gasteiger partial charge on any atom is -0.391 e. The van der Waals surface area contributed by atoms with Crippen molar-refractivity contribution in [2.24, 2.45) is 5.92 Å². The van der Waals surface area contributed by atoms with Crippen LogP contribution in [-0.4, -0.2) is 35.4 Å². The van der Waals surface area contributed by atoms with Gasteiger partial charge in [-0.2, -0.15) is 0 Å². The Bertz CT molecular complexity index is 759. The third-order valence-corrected chi connectivity index (χ3v) is 4.74. The molecule has 7 heteroatoms. The smallest absolute Gasteiger partial charge is 0.241 e. The molecule has 0 spiro atoms. The molecule has 0 aromatic heterocycles. The van der Waals surface area contributed by atoms with E-state index in [2.05, 4.69) is 23.1 Å². The third kappa shape index (κ3) is 9.35. The van der Waals surface area contributed by atoms with Crippen molar-refractivity contribution in [1.29, 1.82) is 0 Å². The van der Waals surface area contributed by atoms with Gasteiger partial charge < -0.3 is 15.2 Å². The number of ether oxygens (including phenoxy) is 1. The van der Waals surface area contributed by atoms with Crippen molar-refractivity contribution in [3.05, 3.63) is 66.2 Å². The Balaban J connectivity index is 1.89. The van der Waals surface area contributed by atoms with Gasteiger partial charge in [0.15, 0.2) is 5.11 Å². The molecule has 162 valence electrons. The number of hydrogen-bond donors (Lipinski definition) is 4. The minimum atomic E-state index is -0.712. The van der Waals surface area contributed by atoms with E-state index in [1.807, 2.05) is 60.7 Å². The number of carbonyl (C=O) groups is 1. The number of hydrogen-bond acceptors (Lipinski definition) is 4. The zero-order chi connectivity index (χ0) is 21.6. The molecule has 0 bridgehead atoms. The number of benzene rings is 2. The maximum absolute atomic E-state index is 12.8. The van der Waals surface area contributed by atoms with Gasteiger partial charge in [-0.25, -0.2) is 0 Å². The van der Waals surface area contributed by atoms with Crippen LogP contribution >= 0.6 is 12.2 Å². The number of nitrogens with one attached hydrogen (secondary N) is 3. The first kappa shape index (κ1) is 23.8. The summed E-state index contributed by atoms with van der Waals surface area (Å²) < 4.78 is 5.50. The van der Waals surface area contributed by atoms with Gasteiger partial charge in [-0.15, -0.1) is 0 Å². The Labute approximate surface area is 184 Å². The summed E-state index contributed by atoms with van der Waals surface area (Å²) >= 11 is 5.23. The third-order valence-electron chi connectivity index (χ3n) is 4.54. The number of unbranched alkanes of at least 4 members (excludes halogenated alkanes) is 1. The molecule has 2 unspecified atom stereocenters. The summed E-state index contributed by atoms with van der Waals surface area (Å²) in [5.41, 5.74) is 7.25. The Morgan fingerprint density at radius 1 is 1.07 bits per heavy atom. The van der Waals surface area contributed by atoms with Crippen molar-refractivity contribution in [2.45, 2.75) is 38.7 Å². The first-order valence-electron chi connectivity index (χ1n) is 10.3. The van der Waals surface area contributed by atoms with Crippen LogP contribution in [0.3, 0.4) is 0 Å². The fourth-order valence-electron chi connectivity index (χ4n) is 2.95. The van der Waals surface area contributed by atoms with Gasteiger partial charge in [-0.05, 0) is 49.2 Å². The van der Waals surface area contributed by atoms with E-state index in [4.69, 9.17) is 17.0 Å². The summed E-state index contributed by atoms with van der Waals surface area (Å²) in [7, 11) is 0. The maximum Gasteiger partial charge on any atom is 0.241 e. The zero-order valence-electron chi connectivity index (χ0n) is 17.3. The van der Waals surface area contributed by atoms with E-state index in [1.54, 1.807) is 0 Å². The van der Waals surface area contributed by atoms with Gasteiger partial charge in [0, 0.05) is 18.2 Å². The molecule has 0 heterocycles. The molecule has 0 saturated heterocycles. The molecule has 0 radical (unpaired) electrons.